The molecule has 0 aromatic heterocycles. The molecule has 39 heavy (non-hydrogen) atoms. The fourth-order valence-electron chi connectivity index (χ4n) is 5.78. The van der Waals surface area contributed by atoms with E-state index in [2.05, 4.69) is 70.7 Å². The minimum Gasteiger partial charge on any atom is -0.487 e. The lowest BCUT2D eigenvalue weighted by Gasteiger charge is -2.39. The van der Waals surface area contributed by atoms with Gasteiger partial charge in [-0.1, -0.05) is 47.8 Å². The molecule has 1 aromatic rings. The second-order valence-corrected chi connectivity index (χ2v) is 12.5. The Balaban J connectivity index is 1.51. The van der Waals surface area contributed by atoms with Crippen molar-refractivity contribution in [3.63, 3.8) is 0 Å². The summed E-state index contributed by atoms with van der Waals surface area (Å²) >= 11 is 0. The van der Waals surface area contributed by atoms with Crippen LogP contribution in [0, 0.1) is 6.92 Å². The van der Waals surface area contributed by atoms with Crippen molar-refractivity contribution in [1.82, 2.24) is 4.90 Å². The molecule has 3 rings (SSSR count). The Labute approximate surface area is 239 Å². The van der Waals surface area contributed by atoms with Crippen molar-refractivity contribution in [2.75, 3.05) is 19.9 Å². The molecule has 0 bridgehead atoms. The second-order valence-electron chi connectivity index (χ2n) is 12.5. The molecule has 1 atom stereocenters. The molecule has 0 saturated heterocycles. The van der Waals surface area contributed by atoms with Gasteiger partial charge in [-0.15, -0.1) is 0 Å². The van der Waals surface area contributed by atoms with Gasteiger partial charge in [-0.05, 0) is 117 Å². The zero-order chi connectivity index (χ0) is 28.3. The SMILES string of the molecule is CC(C)=CCCC(C)=CCCC(C)=CCC[C@]1(C)CCc2c3c(cc(C)c2O1)OCN(CCCCCCO)C3. The maximum atomic E-state index is 9.00. The summed E-state index contributed by atoms with van der Waals surface area (Å²) in [5.74, 6) is 2.15. The summed E-state index contributed by atoms with van der Waals surface area (Å²) in [5, 5.41) is 9.00. The average Bonchev–Trinajstić information content (AvgIpc) is 2.89. The predicted molar refractivity (Wildman–Crippen MR) is 165 cm³/mol. The number of ether oxygens (including phenoxy) is 2. The number of unbranched alkanes of at least 4 members (excludes halogenated alkanes) is 3. The standard InChI is InChI=1S/C35H55NO3/c1-27(2)14-11-15-28(3)16-12-17-29(4)18-13-20-35(6)21-19-31-32-25-36(22-9-7-8-10-23-37)26-38-33(32)24-30(5)34(31)39-35/h14,16,18,24,37H,7-13,15,17,19-23,25-26H2,1-6H3/t35-/m1/s1. The Bertz CT molecular complexity index is 1020. The van der Waals surface area contributed by atoms with E-state index < -0.39 is 0 Å². The molecule has 0 fully saturated rings. The molecular weight excluding hydrogens is 482 g/mol. The molecule has 2 aliphatic rings. The molecule has 0 unspecified atom stereocenters. The largest absolute Gasteiger partial charge is 0.487 e. The third kappa shape index (κ3) is 10.1. The molecule has 0 radical (unpaired) electrons. The van der Waals surface area contributed by atoms with E-state index in [0.29, 0.717) is 13.3 Å². The molecule has 4 heteroatoms. The molecule has 0 spiro atoms. The summed E-state index contributed by atoms with van der Waals surface area (Å²) in [6, 6.07) is 2.19. The van der Waals surface area contributed by atoms with Gasteiger partial charge in [0.1, 0.15) is 23.8 Å². The maximum Gasteiger partial charge on any atom is 0.142 e. The number of aliphatic hydroxyl groups excluding tert-OH is 1. The number of hydrogen-bond acceptors (Lipinski definition) is 4. The lowest BCUT2D eigenvalue weighted by Crippen LogP contribution is -2.38. The summed E-state index contributed by atoms with van der Waals surface area (Å²) in [6.07, 6.45) is 20.3. The first-order valence-electron chi connectivity index (χ1n) is 15.5. The van der Waals surface area contributed by atoms with Crippen LogP contribution >= 0.6 is 0 Å². The van der Waals surface area contributed by atoms with Gasteiger partial charge in [-0.25, -0.2) is 0 Å². The van der Waals surface area contributed by atoms with Crippen molar-refractivity contribution < 1.29 is 14.6 Å². The van der Waals surface area contributed by atoms with E-state index in [1.807, 2.05) is 0 Å². The van der Waals surface area contributed by atoms with Crippen molar-refractivity contribution in [3.05, 3.63) is 57.7 Å². The van der Waals surface area contributed by atoms with Gasteiger partial charge in [-0.3, -0.25) is 4.90 Å². The number of hydrogen-bond donors (Lipinski definition) is 1. The average molecular weight is 538 g/mol. The van der Waals surface area contributed by atoms with Crippen LogP contribution in [0.15, 0.2) is 41.0 Å². The molecule has 0 amide bonds. The van der Waals surface area contributed by atoms with Crippen LogP contribution in [0.5, 0.6) is 11.5 Å². The van der Waals surface area contributed by atoms with Crippen LogP contribution in [-0.4, -0.2) is 35.5 Å². The molecule has 1 aromatic carbocycles. The third-order valence-corrected chi connectivity index (χ3v) is 8.35. The lowest BCUT2D eigenvalue weighted by molar-refractivity contribution is 0.0524. The smallest absolute Gasteiger partial charge is 0.142 e. The fraction of sp³-hybridized carbons (Fsp3) is 0.657. The highest BCUT2D eigenvalue weighted by Crippen LogP contribution is 2.44. The molecular formula is C35H55NO3. The molecule has 2 heterocycles. The second kappa shape index (κ2) is 15.7. The van der Waals surface area contributed by atoms with Gasteiger partial charge in [0.2, 0.25) is 0 Å². The minimum absolute atomic E-state index is 0.119. The van der Waals surface area contributed by atoms with E-state index in [9.17, 15) is 0 Å². The Morgan fingerprint density at radius 1 is 0.949 bits per heavy atom. The number of allylic oxidation sites excluding steroid dienone is 6. The Kier molecular flexibility index (Phi) is 12.7. The Morgan fingerprint density at radius 2 is 1.64 bits per heavy atom. The maximum absolute atomic E-state index is 9.00. The Hall–Kier alpha value is -2.04. The zero-order valence-electron chi connectivity index (χ0n) is 25.8. The van der Waals surface area contributed by atoms with E-state index in [1.54, 1.807) is 0 Å². The van der Waals surface area contributed by atoms with Crippen LogP contribution in [0.3, 0.4) is 0 Å². The fourth-order valence-corrected chi connectivity index (χ4v) is 5.78. The van der Waals surface area contributed by atoms with Gasteiger partial charge in [0.05, 0.1) is 0 Å². The van der Waals surface area contributed by atoms with E-state index in [0.717, 1.165) is 95.2 Å². The molecule has 0 saturated carbocycles. The summed E-state index contributed by atoms with van der Waals surface area (Å²) in [5.41, 5.74) is 8.18. The molecule has 2 aliphatic heterocycles. The van der Waals surface area contributed by atoms with Gasteiger partial charge >= 0.3 is 0 Å². The van der Waals surface area contributed by atoms with Crippen LogP contribution < -0.4 is 9.47 Å². The van der Waals surface area contributed by atoms with Crippen LogP contribution in [0.25, 0.3) is 0 Å². The predicted octanol–water partition coefficient (Wildman–Crippen LogP) is 8.98. The molecule has 218 valence electrons. The molecule has 0 aliphatic carbocycles. The summed E-state index contributed by atoms with van der Waals surface area (Å²) in [4.78, 5) is 2.41. The molecule has 4 nitrogen and oxygen atoms in total. The van der Waals surface area contributed by atoms with Crippen LogP contribution in [0.4, 0.5) is 0 Å². The highest BCUT2D eigenvalue weighted by Gasteiger charge is 2.35. The van der Waals surface area contributed by atoms with E-state index in [4.69, 9.17) is 14.6 Å². The number of aliphatic hydroxyl groups is 1. The third-order valence-electron chi connectivity index (χ3n) is 8.35. The van der Waals surface area contributed by atoms with Crippen molar-refractivity contribution >= 4 is 0 Å². The normalized spacial score (nSPS) is 19.7. The van der Waals surface area contributed by atoms with Crippen LogP contribution in [-0.2, 0) is 13.0 Å². The highest BCUT2D eigenvalue weighted by atomic mass is 16.5. The van der Waals surface area contributed by atoms with Crippen molar-refractivity contribution in [3.8, 4) is 11.5 Å². The number of aryl methyl sites for hydroxylation is 1. The highest BCUT2D eigenvalue weighted by molar-refractivity contribution is 5.55. The summed E-state index contributed by atoms with van der Waals surface area (Å²) in [6.45, 7) is 16.3. The number of rotatable bonds is 15. The van der Waals surface area contributed by atoms with Crippen molar-refractivity contribution in [2.24, 2.45) is 0 Å². The summed E-state index contributed by atoms with van der Waals surface area (Å²) in [7, 11) is 0. The first-order valence-corrected chi connectivity index (χ1v) is 15.5. The zero-order valence-corrected chi connectivity index (χ0v) is 25.8. The van der Waals surface area contributed by atoms with Crippen LogP contribution in [0.2, 0.25) is 0 Å². The monoisotopic (exact) mass is 537 g/mol. The van der Waals surface area contributed by atoms with Crippen molar-refractivity contribution in [1.29, 1.82) is 0 Å². The number of nitrogens with zero attached hydrogens (tertiary/aromatic N) is 1. The summed E-state index contributed by atoms with van der Waals surface area (Å²) < 4.78 is 13.0. The van der Waals surface area contributed by atoms with Gasteiger partial charge in [-0.2, -0.15) is 0 Å². The van der Waals surface area contributed by atoms with Gasteiger partial charge in [0.15, 0.2) is 0 Å². The van der Waals surface area contributed by atoms with E-state index >= 15 is 0 Å². The van der Waals surface area contributed by atoms with Gasteiger partial charge in [0.25, 0.3) is 0 Å². The Morgan fingerprint density at radius 3 is 2.36 bits per heavy atom. The minimum atomic E-state index is -0.119. The van der Waals surface area contributed by atoms with Gasteiger partial charge < -0.3 is 14.6 Å². The first-order chi connectivity index (χ1) is 18.7. The first kappa shape index (κ1) is 31.5. The number of benzene rings is 1. The number of fused-ring (bicyclic) bond motifs is 3. The van der Waals surface area contributed by atoms with Gasteiger partial charge in [0, 0.05) is 30.8 Å². The lowest BCUT2D eigenvalue weighted by atomic mass is 9.85. The van der Waals surface area contributed by atoms with E-state index in [1.165, 1.54) is 39.8 Å². The quantitative estimate of drug-likeness (QED) is 0.179. The topological polar surface area (TPSA) is 41.9 Å². The van der Waals surface area contributed by atoms with E-state index in [-0.39, 0.29) is 5.60 Å². The van der Waals surface area contributed by atoms with Crippen LogP contribution in [0.1, 0.15) is 122 Å². The van der Waals surface area contributed by atoms with Crippen molar-refractivity contribution in [2.45, 2.75) is 131 Å². The molecule has 1 N–H and O–H groups in total.